The minimum Gasteiger partial charge on any atom is -0.494 e. The van der Waals surface area contributed by atoms with E-state index in [1.54, 1.807) is 72.5 Å². The highest BCUT2D eigenvalue weighted by atomic mass is 16.5. The third-order valence-electron chi connectivity index (χ3n) is 5.61. The Balaban J connectivity index is 1.61. The number of allylic oxidation sites excluding steroid dienone is 1. The lowest BCUT2D eigenvalue weighted by Crippen LogP contribution is -2.23. The number of carbonyl (C=O) groups excluding carboxylic acids is 1. The standard InChI is InChI=1S/C26H29N7O5/c1-4-14-32-24(35)19-16-27-25(28-17-10-12-18(13-11-17)38-15-6-9-22(34)31-37)30-23(19)33(32)21-8-5-7-20(29-21)26(2,3)36/h4-5,7-8,10-13,16,36-37H,1,6,9,14-15H2,2-3H3,(H,31,34)(H,27,28,30). The van der Waals surface area contributed by atoms with Gasteiger partial charge >= 0.3 is 0 Å². The van der Waals surface area contributed by atoms with E-state index in [2.05, 4.69) is 26.8 Å². The first-order valence-corrected chi connectivity index (χ1v) is 11.9. The minimum absolute atomic E-state index is 0.160. The van der Waals surface area contributed by atoms with Gasteiger partial charge in [0.1, 0.15) is 16.7 Å². The van der Waals surface area contributed by atoms with Gasteiger partial charge in [0, 0.05) is 18.3 Å². The Kier molecular flexibility index (Phi) is 7.84. The molecule has 0 aliphatic carbocycles. The third-order valence-corrected chi connectivity index (χ3v) is 5.61. The van der Waals surface area contributed by atoms with Crippen LogP contribution in [-0.4, -0.2) is 47.1 Å². The average Bonchev–Trinajstić information content (AvgIpc) is 3.17. The molecule has 0 saturated carbocycles. The lowest BCUT2D eigenvalue weighted by Gasteiger charge is -2.18. The van der Waals surface area contributed by atoms with Gasteiger partial charge in [0.15, 0.2) is 11.5 Å². The first-order chi connectivity index (χ1) is 18.2. The van der Waals surface area contributed by atoms with Crippen LogP contribution in [0.4, 0.5) is 11.6 Å². The molecule has 0 saturated heterocycles. The number of aliphatic hydroxyl groups is 1. The second-order valence-corrected chi connectivity index (χ2v) is 9.00. The number of carbonyl (C=O) groups is 1. The van der Waals surface area contributed by atoms with Gasteiger partial charge < -0.3 is 15.2 Å². The van der Waals surface area contributed by atoms with Crippen LogP contribution in [0.2, 0.25) is 0 Å². The smallest absolute Gasteiger partial charge is 0.278 e. The van der Waals surface area contributed by atoms with Crippen LogP contribution in [-0.2, 0) is 16.9 Å². The second kappa shape index (κ2) is 11.2. The normalized spacial score (nSPS) is 11.4. The first kappa shape index (κ1) is 26.5. The summed E-state index contributed by atoms with van der Waals surface area (Å²) in [5.41, 5.74) is 1.61. The average molecular weight is 520 g/mol. The summed E-state index contributed by atoms with van der Waals surface area (Å²) in [4.78, 5) is 37.7. The molecule has 4 aromatic rings. The van der Waals surface area contributed by atoms with E-state index in [9.17, 15) is 14.7 Å². The van der Waals surface area contributed by atoms with Crippen molar-refractivity contribution in [3.05, 3.63) is 77.4 Å². The zero-order valence-corrected chi connectivity index (χ0v) is 21.1. The van der Waals surface area contributed by atoms with Gasteiger partial charge in [0.05, 0.1) is 18.8 Å². The molecule has 1 aromatic carbocycles. The number of nitrogens with zero attached hydrogens (tertiary/aromatic N) is 5. The Bertz CT molecular complexity index is 1500. The molecule has 12 heteroatoms. The maximum absolute atomic E-state index is 13.1. The maximum Gasteiger partial charge on any atom is 0.278 e. The number of hydrogen-bond donors (Lipinski definition) is 4. The van der Waals surface area contributed by atoms with Crippen LogP contribution in [0.15, 0.2) is 66.1 Å². The molecule has 198 valence electrons. The van der Waals surface area contributed by atoms with E-state index in [1.165, 1.54) is 10.9 Å². The largest absolute Gasteiger partial charge is 0.494 e. The molecule has 3 heterocycles. The molecule has 12 nitrogen and oxygen atoms in total. The zero-order valence-electron chi connectivity index (χ0n) is 21.1. The fourth-order valence-electron chi connectivity index (χ4n) is 3.73. The molecule has 0 aliphatic heterocycles. The van der Waals surface area contributed by atoms with Gasteiger partial charge in [-0.15, -0.1) is 6.58 Å². The van der Waals surface area contributed by atoms with Gasteiger partial charge in [-0.2, -0.15) is 4.98 Å². The lowest BCUT2D eigenvalue weighted by molar-refractivity contribution is -0.129. The van der Waals surface area contributed by atoms with E-state index < -0.39 is 11.5 Å². The Morgan fingerprint density at radius 3 is 2.63 bits per heavy atom. The van der Waals surface area contributed by atoms with E-state index >= 15 is 0 Å². The van der Waals surface area contributed by atoms with Crippen LogP contribution in [0.25, 0.3) is 16.9 Å². The molecule has 4 N–H and O–H groups in total. The summed E-state index contributed by atoms with van der Waals surface area (Å²) in [6, 6.07) is 12.3. The van der Waals surface area contributed by atoms with Crippen LogP contribution < -0.4 is 21.1 Å². The van der Waals surface area contributed by atoms with Gasteiger partial charge in [0.25, 0.3) is 5.56 Å². The van der Waals surface area contributed by atoms with Crippen LogP contribution in [0, 0.1) is 0 Å². The van der Waals surface area contributed by atoms with Crippen molar-refractivity contribution in [3.63, 3.8) is 0 Å². The highest BCUT2D eigenvalue weighted by Crippen LogP contribution is 2.23. The number of anilines is 2. The number of hydrogen-bond acceptors (Lipinski definition) is 9. The van der Waals surface area contributed by atoms with Gasteiger partial charge in [0.2, 0.25) is 11.9 Å². The summed E-state index contributed by atoms with van der Waals surface area (Å²) >= 11 is 0. The van der Waals surface area contributed by atoms with Crippen molar-refractivity contribution in [2.45, 2.75) is 38.8 Å². The van der Waals surface area contributed by atoms with Crippen LogP contribution in [0.5, 0.6) is 5.75 Å². The SMILES string of the molecule is C=CCn1c(=O)c2cnc(Nc3ccc(OCCCC(=O)NO)cc3)nc2n1-c1cccc(C(C)(C)O)n1. The summed E-state index contributed by atoms with van der Waals surface area (Å²) < 4.78 is 8.66. The summed E-state index contributed by atoms with van der Waals surface area (Å²) in [6.07, 6.45) is 3.69. The van der Waals surface area contributed by atoms with Crippen LogP contribution in [0.3, 0.4) is 0 Å². The van der Waals surface area contributed by atoms with E-state index in [-0.39, 0.29) is 24.5 Å². The predicted octanol–water partition coefficient (Wildman–Crippen LogP) is 2.80. The second-order valence-electron chi connectivity index (χ2n) is 9.00. The highest BCUT2D eigenvalue weighted by molar-refractivity contribution is 5.77. The number of ether oxygens (including phenoxy) is 1. The van der Waals surface area contributed by atoms with Gasteiger partial charge in [-0.25, -0.2) is 24.8 Å². The molecule has 0 spiro atoms. The van der Waals surface area contributed by atoms with Crippen molar-refractivity contribution >= 4 is 28.6 Å². The monoisotopic (exact) mass is 519 g/mol. The Labute approximate surface area is 218 Å². The fraction of sp³-hybridized carbons (Fsp3) is 0.269. The molecule has 0 fully saturated rings. The van der Waals surface area contributed by atoms with E-state index in [0.29, 0.717) is 47.0 Å². The number of benzene rings is 1. The molecular weight excluding hydrogens is 490 g/mol. The van der Waals surface area contributed by atoms with Crippen molar-refractivity contribution in [3.8, 4) is 11.6 Å². The lowest BCUT2D eigenvalue weighted by atomic mass is 10.1. The van der Waals surface area contributed by atoms with Crippen LogP contribution in [0.1, 0.15) is 32.4 Å². The summed E-state index contributed by atoms with van der Waals surface area (Å²) in [6.45, 7) is 7.57. The molecule has 0 radical (unpaired) electrons. The quantitative estimate of drug-likeness (QED) is 0.101. The Hall–Kier alpha value is -4.55. The highest BCUT2D eigenvalue weighted by Gasteiger charge is 2.21. The molecule has 0 bridgehead atoms. The van der Waals surface area contributed by atoms with E-state index in [1.807, 2.05) is 0 Å². The topological polar surface area (TPSA) is 156 Å². The molecule has 0 aliphatic rings. The van der Waals surface area contributed by atoms with Crippen molar-refractivity contribution in [2.75, 3.05) is 11.9 Å². The number of aromatic nitrogens is 5. The molecule has 0 unspecified atom stereocenters. The van der Waals surface area contributed by atoms with E-state index in [0.717, 1.165) is 0 Å². The number of rotatable bonds is 11. The van der Waals surface area contributed by atoms with Gasteiger partial charge in [-0.3, -0.25) is 14.8 Å². The van der Waals surface area contributed by atoms with Crippen molar-refractivity contribution < 1.29 is 19.8 Å². The molecule has 0 atom stereocenters. The number of fused-ring (bicyclic) bond motifs is 1. The summed E-state index contributed by atoms with van der Waals surface area (Å²) in [7, 11) is 0. The molecule has 38 heavy (non-hydrogen) atoms. The predicted molar refractivity (Wildman–Crippen MR) is 141 cm³/mol. The van der Waals surface area contributed by atoms with E-state index in [4.69, 9.17) is 9.94 Å². The first-order valence-electron chi connectivity index (χ1n) is 11.9. The number of pyridine rings is 1. The summed E-state index contributed by atoms with van der Waals surface area (Å²) in [5, 5.41) is 22.4. The molecule has 3 aromatic heterocycles. The maximum atomic E-state index is 13.1. The summed E-state index contributed by atoms with van der Waals surface area (Å²) in [5.74, 6) is 0.839. The number of hydroxylamine groups is 1. The number of amides is 1. The minimum atomic E-state index is -1.17. The van der Waals surface area contributed by atoms with Crippen LogP contribution >= 0.6 is 0 Å². The third kappa shape index (κ3) is 5.88. The molecular formula is C26H29N7O5. The fourth-order valence-corrected chi connectivity index (χ4v) is 3.73. The number of nitrogens with one attached hydrogen (secondary N) is 2. The Morgan fingerprint density at radius 2 is 1.95 bits per heavy atom. The van der Waals surface area contributed by atoms with Gasteiger partial charge in [-0.1, -0.05) is 12.1 Å². The molecule has 4 rings (SSSR count). The van der Waals surface area contributed by atoms with Crippen molar-refractivity contribution in [1.82, 2.24) is 29.8 Å². The van der Waals surface area contributed by atoms with Gasteiger partial charge in [-0.05, 0) is 56.7 Å². The van der Waals surface area contributed by atoms with Crippen molar-refractivity contribution in [2.24, 2.45) is 0 Å². The molecule has 1 amide bonds. The zero-order chi connectivity index (χ0) is 27.3. The van der Waals surface area contributed by atoms with Crippen molar-refractivity contribution in [1.29, 1.82) is 0 Å². The Morgan fingerprint density at radius 1 is 1.18 bits per heavy atom.